The summed E-state index contributed by atoms with van der Waals surface area (Å²) in [4.78, 5) is 3.75. The van der Waals surface area contributed by atoms with E-state index in [9.17, 15) is 0 Å². The number of para-hydroxylation sites is 3. The molecule has 3 heterocycles. The largest absolute Gasteiger partial charge is 0.354 e. The number of benzene rings is 6. The van der Waals surface area contributed by atoms with Crippen molar-refractivity contribution >= 4 is 43.6 Å². The van der Waals surface area contributed by atoms with Gasteiger partial charge in [-0.25, -0.2) is 0 Å². The van der Waals surface area contributed by atoms with E-state index in [0.29, 0.717) is 0 Å². The van der Waals surface area contributed by atoms with E-state index in [0.717, 1.165) is 5.52 Å². The fourth-order valence-corrected chi connectivity index (χ4v) is 6.60. The van der Waals surface area contributed by atoms with Crippen LogP contribution in [0.25, 0.3) is 77.2 Å². The van der Waals surface area contributed by atoms with Gasteiger partial charge in [0.25, 0.3) is 0 Å². The summed E-state index contributed by atoms with van der Waals surface area (Å²) in [5.74, 6) is 0. The number of rotatable bonds is 4. The van der Waals surface area contributed by atoms with Crippen molar-refractivity contribution in [3.63, 3.8) is 0 Å². The number of nitrogens with one attached hydrogen (secondary N) is 1. The van der Waals surface area contributed by atoms with Crippen LogP contribution in [0.3, 0.4) is 0 Å². The Labute approximate surface area is 248 Å². The first-order valence-electron chi connectivity index (χ1n) is 14.7. The van der Waals surface area contributed by atoms with Gasteiger partial charge < -0.3 is 14.1 Å². The predicted octanol–water partition coefficient (Wildman–Crippen LogP) is 10.5. The number of aromatic nitrogens is 3. The van der Waals surface area contributed by atoms with Crippen LogP contribution in [-0.2, 0) is 0 Å². The molecule has 9 aromatic rings. The van der Waals surface area contributed by atoms with E-state index < -0.39 is 0 Å². The second-order valence-electron chi connectivity index (χ2n) is 11.2. The van der Waals surface area contributed by atoms with Gasteiger partial charge in [-0.2, -0.15) is 0 Å². The molecule has 0 fully saturated rings. The van der Waals surface area contributed by atoms with Crippen LogP contribution in [0.4, 0.5) is 0 Å². The molecule has 0 bridgehead atoms. The van der Waals surface area contributed by atoms with Gasteiger partial charge in [-0.05, 0) is 95.6 Å². The summed E-state index contributed by atoms with van der Waals surface area (Å²) in [5, 5.41) is 4.94. The molecule has 0 aliphatic heterocycles. The normalized spacial score (nSPS) is 11.7. The second-order valence-corrected chi connectivity index (χ2v) is 11.2. The highest BCUT2D eigenvalue weighted by atomic mass is 15.0. The van der Waals surface area contributed by atoms with Crippen LogP contribution in [0.15, 0.2) is 158 Å². The van der Waals surface area contributed by atoms with E-state index in [1.807, 2.05) is 0 Å². The van der Waals surface area contributed by atoms with Crippen LogP contribution in [0.2, 0.25) is 0 Å². The third-order valence-corrected chi connectivity index (χ3v) is 8.71. The molecule has 0 aliphatic rings. The molecule has 3 heteroatoms. The highest BCUT2D eigenvalue weighted by Crippen LogP contribution is 2.39. The Morgan fingerprint density at radius 1 is 0.419 bits per heavy atom. The Bertz CT molecular complexity index is 2440. The number of aromatic amines is 1. The highest BCUT2D eigenvalue weighted by Gasteiger charge is 2.15. The van der Waals surface area contributed by atoms with Crippen molar-refractivity contribution in [2.24, 2.45) is 0 Å². The molecule has 9 rings (SSSR count). The molecule has 0 spiro atoms. The topological polar surface area (TPSA) is 25.6 Å². The van der Waals surface area contributed by atoms with E-state index in [1.165, 1.54) is 71.7 Å². The van der Waals surface area contributed by atoms with Crippen molar-refractivity contribution in [3.8, 4) is 33.6 Å². The Morgan fingerprint density at radius 2 is 1.00 bits per heavy atom. The van der Waals surface area contributed by atoms with Crippen molar-refractivity contribution in [2.75, 3.05) is 0 Å². The molecule has 3 aromatic heterocycles. The van der Waals surface area contributed by atoms with Gasteiger partial charge in [0.05, 0.1) is 16.6 Å². The van der Waals surface area contributed by atoms with Crippen LogP contribution in [0, 0.1) is 0 Å². The molecule has 6 aromatic carbocycles. The average molecular weight is 550 g/mol. The molecule has 0 aliphatic carbocycles. The van der Waals surface area contributed by atoms with Gasteiger partial charge in [0.1, 0.15) is 0 Å². The zero-order valence-electron chi connectivity index (χ0n) is 23.4. The summed E-state index contributed by atoms with van der Waals surface area (Å²) in [6, 6.07) is 52.4. The zero-order chi connectivity index (χ0) is 28.3. The second kappa shape index (κ2) is 9.37. The summed E-state index contributed by atoms with van der Waals surface area (Å²) in [7, 11) is 0. The number of nitrogens with zero attached hydrogens (tertiary/aromatic N) is 2. The van der Waals surface area contributed by atoms with Crippen LogP contribution < -0.4 is 0 Å². The lowest BCUT2D eigenvalue weighted by Gasteiger charge is -2.11. The average Bonchev–Trinajstić information content (AvgIpc) is 3.80. The number of hydrogen-bond donors (Lipinski definition) is 1. The van der Waals surface area contributed by atoms with E-state index in [4.69, 9.17) is 0 Å². The number of hydrogen-bond acceptors (Lipinski definition) is 0. The van der Waals surface area contributed by atoms with E-state index in [1.54, 1.807) is 0 Å². The van der Waals surface area contributed by atoms with Crippen LogP contribution in [0.5, 0.6) is 0 Å². The molecule has 0 amide bonds. The maximum absolute atomic E-state index is 3.75. The van der Waals surface area contributed by atoms with Crippen LogP contribution in [-0.4, -0.2) is 14.1 Å². The van der Waals surface area contributed by atoms with Gasteiger partial charge in [0, 0.05) is 56.4 Å². The minimum absolute atomic E-state index is 1.16. The Kier molecular flexibility index (Phi) is 5.20. The van der Waals surface area contributed by atoms with Gasteiger partial charge >= 0.3 is 0 Å². The molecule has 202 valence electrons. The SMILES string of the molecule is c1ccc(-n2ccc3cc(-c4cc(-c5ccc6c(ccn6-c6ccccc6)c5)c5[nH]c6ccccc6c5c4)ccc32)cc1. The molecule has 0 radical (unpaired) electrons. The van der Waals surface area contributed by atoms with Crippen molar-refractivity contribution in [1.29, 1.82) is 0 Å². The third-order valence-electron chi connectivity index (χ3n) is 8.71. The fourth-order valence-electron chi connectivity index (χ4n) is 6.60. The van der Waals surface area contributed by atoms with E-state index >= 15 is 0 Å². The quantitative estimate of drug-likeness (QED) is 0.226. The fraction of sp³-hybridized carbons (Fsp3) is 0. The van der Waals surface area contributed by atoms with Gasteiger partial charge in [-0.1, -0.05) is 66.7 Å². The lowest BCUT2D eigenvalue weighted by molar-refractivity contribution is 1.13. The van der Waals surface area contributed by atoms with Crippen molar-refractivity contribution in [2.45, 2.75) is 0 Å². The predicted molar refractivity (Wildman–Crippen MR) is 180 cm³/mol. The van der Waals surface area contributed by atoms with E-state index in [2.05, 4.69) is 172 Å². The Morgan fingerprint density at radius 3 is 1.67 bits per heavy atom. The standard InChI is InChI=1S/C40H27N3/c1-3-9-32(10-4-1)42-21-19-29-23-27(15-17-38(29)42)31-25-35(40-36(26-31)34-13-7-8-14-37(34)41-40)28-16-18-39-30(24-28)20-22-43(39)33-11-5-2-6-12-33/h1-26,41H. The lowest BCUT2D eigenvalue weighted by atomic mass is 9.94. The van der Waals surface area contributed by atoms with Gasteiger partial charge in [0.2, 0.25) is 0 Å². The number of fused-ring (bicyclic) bond motifs is 5. The maximum Gasteiger partial charge on any atom is 0.0544 e. The molecular formula is C40H27N3. The molecule has 0 saturated heterocycles. The van der Waals surface area contributed by atoms with Gasteiger partial charge in [-0.15, -0.1) is 0 Å². The first-order chi connectivity index (χ1) is 21.3. The van der Waals surface area contributed by atoms with Crippen molar-refractivity contribution in [1.82, 2.24) is 14.1 Å². The zero-order valence-corrected chi connectivity index (χ0v) is 23.4. The molecule has 43 heavy (non-hydrogen) atoms. The Balaban J connectivity index is 1.23. The first kappa shape index (κ1) is 23.9. The highest BCUT2D eigenvalue weighted by molar-refractivity contribution is 6.14. The Hall–Kier alpha value is -5.80. The molecule has 3 nitrogen and oxygen atoms in total. The van der Waals surface area contributed by atoms with Gasteiger partial charge in [-0.3, -0.25) is 0 Å². The van der Waals surface area contributed by atoms with E-state index in [-0.39, 0.29) is 0 Å². The lowest BCUT2D eigenvalue weighted by Crippen LogP contribution is -1.91. The summed E-state index contributed by atoms with van der Waals surface area (Å²) in [6.07, 6.45) is 4.32. The summed E-state index contributed by atoms with van der Waals surface area (Å²) in [6.45, 7) is 0. The van der Waals surface area contributed by atoms with Crippen molar-refractivity contribution in [3.05, 3.63) is 158 Å². The smallest absolute Gasteiger partial charge is 0.0544 e. The van der Waals surface area contributed by atoms with Gasteiger partial charge in [0.15, 0.2) is 0 Å². The van der Waals surface area contributed by atoms with Crippen LogP contribution >= 0.6 is 0 Å². The summed E-state index contributed by atoms with van der Waals surface area (Å²) in [5.41, 5.74) is 11.9. The summed E-state index contributed by atoms with van der Waals surface area (Å²) >= 11 is 0. The molecule has 1 N–H and O–H groups in total. The minimum atomic E-state index is 1.16. The third kappa shape index (κ3) is 3.83. The minimum Gasteiger partial charge on any atom is -0.354 e. The van der Waals surface area contributed by atoms with Crippen molar-refractivity contribution < 1.29 is 0 Å². The molecule has 0 saturated carbocycles. The van der Waals surface area contributed by atoms with Crippen LogP contribution in [0.1, 0.15) is 0 Å². The monoisotopic (exact) mass is 549 g/mol. The first-order valence-corrected chi connectivity index (χ1v) is 14.7. The molecule has 0 unspecified atom stereocenters. The molecular weight excluding hydrogens is 522 g/mol. The maximum atomic E-state index is 3.75. The summed E-state index contributed by atoms with van der Waals surface area (Å²) < 4.78 is 4.51. The molecule has 0 atom stereocenters. The number of H-pyrrole nitrogens is 1.